The summed E-state index contributed by atoms with van der Waals surface area (Å²) in [6.45, 7) is 0. The molecule has 0 bridgehead atoms. The van der Waals surface area contributed by atoms with E-state index < -0.39 is 41.4 Å². The lowest BCUT2D eigenvalue weighted by atomic mass is 9.97. The van der Waals surface area contributed by atoms with Gasteiger partial charge in [-0.25, -0.2) is 4.79 Å². The second-order valence-electron chi connectivity index (χ2n) is 5.88. The molecule has 5 nitrogen and oxygen atoms in total. The van der Waals surface area contributed by atoms with Crippen molar-refractivity contribution in [2.75, 3.05) is 0 Å². The van der Waals surface area contributed by atoms with Crippen molar-refractivity contribution in [3.8, 4) is 17.2 Å². The molecule has 3 rings (SSSR count). The zero-order chi connectivity index (χ0) is 22.3. The Hall–Kier alpha value is -3.08. The molecule has 1 unspecified atom stereocenters. The lowest BCUT2D eigenvalue weighted by molar-refractivity contribution is -0.304. The molecular weight excluding hydrogens is 446 g/mol. The Morgan fingerprint density at radius 1 is 1.00 bits per heavy atom. The first-order chi connectivity index (χ1) is 13.8. The summed E-state index contributed by atoms with van der Waals surface area (Å²) < 4.78 is 92.2. The van der Waals surface area contributed by atoms with Crippen LogP contribution < -0.4 is 14.2 Å². The summed E-state index contributed by atoms with van der Waals surface area (Å²) in [6, 6.07) is 6.41. The number of fused-ring (bicyclic) bond motifs is 1. The lowest BCUT2D eigenvalue weighted by Gasteiger charge is -2.38. The van der Waals surface area contributed by atoms with Gasteiger partial charge < -0.3 is 19.3 Å². The van der Waals surface area contributed by atoms with Gasteiger partial charge >= 0.3 is 24.3 Å². The molecule has 12 heteroatoms. The summed E-state index contributed by atoms with van der Waals surface area (Å²) in [4.78, 5) is 11.6. The third-order valence-corrected chi connectivity index (χ3v) is 4.04. The van der Waals surface area contributed by atoms with Crippen LogP contribution in [0.15, 0.2) is 48.0 Å². The zero-order valence-electron chi connectivity index (χ0n) is 14.3. The summed E-state index contributed by atoms with van der Waals surface area (Å²) in [5, 5.41) is 9.50. The van der Waals surface area contributed by atoms with E-state index in [1.165, 1.54) is 12.1 Å². The van der Waals surface area contributed by atoms with Crippen molar-refractivity contribution in [3.05, 3.63) is 58.6 Å². The van der Waals surface area contributed by atoms with Crippen LogP contribution in [-0.4, -0.2) is 29.4 Å². The van der Waals surface area contributed by atoms with Crippen LogP contribution in [-0.2, 0) is 4.79 Å². The average Bonchev–Trinajstić information content (AvgIpc) is 2.60. The molecule has 0 radical (unpaired) electrons. The van der Waals surface area contributed by atoms with E-state index in [1.807, 2.05) is 0 Å². The Bertz CT molecular complexity index is 1000. The van der Waals surface area contributed by atoms with Gasteiger partial charge in [-0.15, -0.1) is 13.2 Å². The standard InChI is InChI=1S/C18H9ClF6O5/c19-10-1-6-14-9(7-10)8-13(15(26)27)16(30-14,17(20,21)22)28-11-2-4-12(5-3-11)29-18(23,24)25/h1-8H,(H,26,27). The van der Waals surface area contributed by atoms with Crippen molar-refractivity contribution in [1.29, 1.82) is 0 Å². The number of benzene rings is 2. The summed E-state index contributed by atoms with van der Waals surface area (Å²) in [6.07, 6.45) is -9.70. The highest BCUT2D eigenvalue weighted by Crippen LogP contribution is 2.47. The number of halogens is 7. The molecule has 1 atom stereocenters. The fourth-order valence-electron chi connectivity index (χ4n) is 2.61. The van der Waals surface area contributed by atoms with Crippen molar-refractivity contribution in [2.45, 2.75) is 18.3 Å². The molecule has 0 spiro atoms. The number of carboxylic acids is 1. The normalized spacial score (nSPS) is 18.7. The van der Waals surface area contributed by atoms with Gasteiger partial charge in [0, 0.05) is 10.6 Å². The molecule has 1 aliphatic heterocycles. The molecular formula is C18H9ClF6O5. The minimum absolute atomic E-state index is 0.0303. The Morgan fingerprint density at radius 3 is 2.13 bits per heavy atom. The van der Waals surface area contributed by atoms with E-state index in [1.54, 1.807) is 0 Å². The van der Waals surface area contributed by atoms with Gasteiger partial charge in [-0.05, 0) is 48.5 Å². The Kier molecular flexibility index (Phi) is 5.27. The number of hydrogen-bond acceptors (Lipinski definition) is 4. The fraction of sp³-hybridized carbons (Fsp3) is 0.167. The SMILES string of the molecule is O=C(O)C1=Cc2cc(Cl)ccc2OC1(Oc1ccc(OC(F)(F)F)cc1)C(F)(F)F. The molecule has 1 aliphatic rings. The molecule has 0 fully saturated rings. The third-order valence-electron chi connectivity index (χ3n) is 3.80. The number of rotatable bonds is 4. The predicted octanol–water partition coefficient (Wildman–Crippen LogP) is 5.44. The fourth-order valence-corrected chi connectivity index (χ4v) is 2.79. The maximum Gasteiger partial charge on any atom is 0.573 e. The lowest BCUT2D eigenvalue weighted by Crippen LogP contribution is -2.59. The van der Waals surface area contributed by atoms with Crippen molar-refractivity contribution in [3.63, 3.8) is 0 Å². The number of ether oxygens (including phenoxy) is 3. The van der Waals surface area contributed by atoms with Crippen molar-refractivity contribution >= 4 is 23.6 Å². The monoisotopic (exact) mass is 454 g/mol. The molecule has 2 aromatic rings. The predicted molar refractivity (Wildman–Crippen MR) is 90.2 cm³/mol. The molecule has 1 N–H and O–H groups in total. The van der Waals surface area contributed by atoms with Crippen molar-refractivity contribution in [2.24, 2.45) is 0 Å². The van der Waals surface area contributed by atoms with Gasteiger partial charge in [0.15, 0.2) is 0 Å². The highest BCUT2D eigenvalue weighted by atomic mass is 35.5. The van der Waals surface area contributed by atoms with E-state index in [2.05, 4.69) is 4.74 Å². The van der Waals surface area contributed by atoms with Crippen LogP contribution in [0.1, 0.15) is 5.56 Å². The Morgan fingerprint density at radius 2 is 1.60 bits per heavy atom. The first kappa shape index (κ1) is 21.6. The maximum absolute atomic E-state index is 14.0. The first-order valence-corrected chi connectivity index (χ1v) is 8.24. The van der Waals surface area contributed by atoms with Crippen LogP contribution in [0, 0.1) is 0 Å². The number of hydrogen-bond donors (Lipinski definition) is 1. The molecule has 0 amide bonds. The summed E-state index contributed by atoms with van der Waals surface area (Å²) in [7, 11) is 0. The minimum atomic E-state index is -5.39. The van der Waals surface area contributed by atoms with Crippen LogP contribution in [0.2, 0.25) is 5.02 Å². The van der Waals surface area contributed by atoms with Gasteiger partial charge in [-0.3, -0.25) is 0 Å². The molecule has 0 saturated carbocycles. The largest absolute Gasteiger partial charge is 0.573 e. The van der Waals surface area contributed by atoms with E-state index in [-0.39, 0.29) is 16.3 Å². The van der Waals surface area contributed by atoms with E-state index >= 15 is 0 Å². The van der Waals surface area contributed by atoms with E-state index in [0.29, 0.717) is 18.2 Å². The number of carboxylic acid groups (broad SMARTS) is 1. The van der Waals surface area contributed by atoms with Crippen LogP contribution in [0.5, 0.6) is 17.2 Å². The summed E-state index contributed by atoms with van der Waals surface area (Å²) in [5.41, 5.74) is -1.34. The maximum atomic E-state index is 14.0. The second kappa shape index (κ2) is 7.31. The molecule has 0 aromatic heterocycles. The highest BCUT2D eigenvalue weighted by molar-refractivity contribution is 6.30. The van der Waals surface area contributed by atoms with Gasteiger partial charge in [-0.1, -0.05) is 11.6 Å². The first-order valence-electron chi connectivity index (χ1n) is 7.86. The van der Waals surface area contributed by atoms with Gasteiger partial charge in [0.2, 0.25) is 0 Å². The molecule has 0 saturated heterocycles. The number of alkyl halides is 6. The molecule has 0 aliphatic carbocycles. The third kappa shape index (κ3) is 4.25. The summed E-state index contributed by atoms with van der Waals surface area (Å²) in [5.74, 6) is -7.46. The number of aliphatic carboxylic acids is 1. The Labute approximate surface area is 169 Å². The van der Waals surface area contributed by atoms with Crippen LogP contribution in [0.4, 0.5) is 26.3 Å². The van der Waals surface area contributed by atoms with Crippen LogP contribution in [0.3, 0.4) is 0 Å². The van der Waals surface area contributed by atoms with E-state index in [0.717, 1.165) is 18.2 Å². The van der Waals surface area contributed by atoms with Crippen molar-refractivity contribution in [1.82, 2.24) is 0 Å². The number of carbonyl (C=O) groups is 1. The van der Waals surface area contributed by atoms with Gasteiger partial charge in [0.05, 0.1) is 0 Å². The van der Waals surface area contributed by atoms with E-state index in [9.17, 15) is 36.2 Å². The van der Waals surface area contributed by atoms with Crippen LogP contribution in [0.25, 0.3) is 6.08 Å². The second-order valence-corrected chi connectivity index (χ2v) is 6.32. The Balaban J connectivity index is 2.05. The summed E-state index contributed by atoms with van der Waals surface area (Å²) >= 11 is 5.78. The smallest absolute Gasteiger partial charge is 0.478 e. The molecule has 30 heavy (non-hydrogen) atoms. The topological polar surface area (TPSA) is 65.0 Å². The molecule has 1 heterocycles. The van der Waals surface area contributed by atoms with Crippen molar-refractivity contribution < 1.29 is 50.5 Å². The van der Waals surface area contributed by atoms with Crippen LogP contribution >= 0.6 is 11.6 Å². The zero-order valence-corrected chi connectivity index (χ0v) is 15.1. The quantitative estimate of drug-likeness (QED) is 0.624. The van der Waals surface area contributed by atoms with Gasteiger partial charge in [0.25, 0.3) is 0 Å². The average molecular weight is 455 g/mol. The van der Waals surface area contributed by atoms with Gasteiger partial charge in [0.1, 0.15) is 22.8 Å². The van der Waals surface area contributed by atoms with E-state index in [4.69, 9.17) is 21.1 Å². The highest BCUT2D eigenvalue weighted by Gasteiger charge is 2.66. The minimum Gasteiger partial charge on any atom is -0.478 e. The van der Waals surface area contributed by atoms with Gasteiger partial charge in [-0.2, -0.15) is 13.2 Å². The molecule has 2 aromatic carbocycles. The molecule has 160 valence electrons.